The molecule has 1 aliphatic carbocycles. The van der Waals surface area contributed by atoms with Gasteiger partial charge in [-0.1, -0.05) is 49.4 Å². The number of anilines is 1. The molecule has 0 N–H and O–H groups in total. The molecule has 1 aromatic heterocycles. The van der Waals surface area contributed by atoms with E-state index in [0.29, 0.717) is 5.92 Å². The van der Waals surface area contributed by atoms with E-state index in [0.717, 1.165) is 44.7 Å². The molecule has 3 nitrogen and oxygen atoms in total. The first-order chi connectivity index (χ1) is 16.1. The lowest BCUT2D eigenvalue weighted by Crippen LogP contribution is -2.36. The summed E-state index contributed by atoms with van der Waals surface area (Å²) in [6.45, 7) is 11.8. The monoisotopic (exact) mass is 436 g/mol. The van der Waals surface area contributed by atoms with Crippen LogP contribution < -0.4 is 4.90 Å². The molecule has 3 heteroatoms. The average Bonchev–Trinajstić information content (AvgIpc) is 2.85. The predicted molar refractivity (Wildman–Crippen MR) is 140 cm³/mol. The smallest absolute Gasteiger partial charge is 0.0723 e. The van der Waals surface area contributed by atoms with E-state index in [9.17, 15) is 0 Å². The van der Waals surface area contributed by atoms with Crippen molar-refractivity contribution >= 4 is 27.7 Å². The summed E-state index contributed by atoms with van der Waals surface area (Å²) in [6.07, 6.45) is 10.5. The van der Waals surface area contributed by atoms with Gasteiger partial charge in [0.2, 0.25) is 0 Å². The number of aryl methyl sites for hydroxylation is 1. The molecule has 1 aliphatic heterocycles. The van der Waals surface area contributed by atoms with Gasteiger partial charge in [-0.15, -0.1) is 6.58 Å². The van der Waals surface area contributed by atoms with Crippen LogP contribution in [0, 0.1) is 12.8 Å². The third-order valence-corrected chi connectivity index (χ3v) is 6.88. The minimum Gasteiger partial charge on any atom is -0.378 e. The van der Waals surface area contributed by atoms with E-state index in [1.807, 2.05) is 12.3 Å². The maximum absolute atomic E-state index is 5.58. The Morgan fingerprint density at radius 3 is 2.70 bits per heavy atom. The number of rotatable bonds is 5. The zero-order valence-corrected chi connectivity index (χ0v) is 19.7. The Balaban J connectivity index is 1.62. The summed E-state index contributed by atoms with van der Waals surface area (Å²) < 4.78 is 5.58. The molecule has 5 rings (SSSR count). The van der Waals surface area contributed by atoms with Crippen molar-refractivity contribution < 1.29 is 4.74 Å². The highest BCUT2D eigenvalue weighted by Gasteiger charge is 2.19. The van der Waals surface area contributed by atoms with Crippen LogP contribution in [0.2, 0.25) is 0 Å². The largest absolute Gasteiger partial charge is 0.378 e. The van der Waals surface area contributed by atoms with Crippen LogP contribution in [0.4, 0.5) is 5.69 Å². The first kappa shape index (κ1) is 21.7. The summed E-state index contributed by atoms with van der Waals surface area (Å²) in [7, 11) is 0. The lowest BCUT2D eigenvalue weighted by molar-refractivity contribution is 0.123. The number of ether oxygens (including phenoxy) is 1. The van der Waals surface area contributed by atoms with Gasteiger partial charge < -0.3 is 9.64 Å². The molecule has 1 fully saturated rings. The maximum Gasteiger partial charge on any atom is 0.0723 e. The van der Waals surface area contributed by atoms with E-state index >= 15 is 0 Å². The summed E-state index contributed by atoms with van der Waals surface area (Å²) in [4.78, 5) is 7.07. The van der Waals surface area contributed by atoms with Crippen LogP contribution in [0.3, 0.4) is 0 Å². The summed E-state index contributed by atoms with van der Waals surface area (Å²) >= 11 is 0. The molecule has 2 aliphatic rings. The second kappa shape index (κ2) is 9.36. The molecule has 1 saturated heterocycles. The van der Waals surface area contributed by atoms with Gasteiger partial charge in [0, 0.05) is 30.4 Å². The van der Waals surface area contributed by atoms with Gasteiger partial charge >= 0.3 is 0 Å². The first-order valence-corrected chi connectivity index (χ1v) is 12.0. The number of allylic oxidation sites excluding steroid dienone is 5. The van der Waals surface area contributed by atoms with Crippen LogP contribution >= 0.6 is 0 Å². The number of fused-ring (bicyclic) bond motifs is 1. The molecule has 33 heavy (non-hydrogen) atoms. The van der Waals surface area contributed by atoms with Gasteiger partial charge in [-0.25, -0.2) is 0 Å². The molecule has 1 unspecified atom stereocenters. The molecule has 0 spiro atoms. The molecular weight excluding hydrogens is 404 g/mol. The van der Waals surface area contributed by atoms with E-state index in [1.165, 1.54) is 44.5 Å². The number of hydrogen-bond acceptors (Lipinski definition) is 3. The van der Waals surface area contributed by atoms with Crippen molar-refractivity contribution in [3.05, 3.63) is 95.7 Å². The SMILES string of the molecule is C=CCc1ccc(C2=C(c3ccc4nccc(N5CCOCC5)c4c3)C=CC(C)C2)cc1C. The van der Waals surface area contributed by atoms with Gasteiger partial charge in [-0.2, -0.15) is 0 Å². The number of morpholine rings is 1. The highest BCUT2D eigenvalue weighted by Crippen LogP contribution is 2.39. The molecule has 0 saturated carbocycles. The Morgan fingerprint density at radius 1 is 1.09 bits per heavy atom. The van der Waals surface area contributed by atoms with Gasteiger partial charge in [-0.3, -0.25) is 4.98 Å². The zero-order chi connectivity index (χ0) is 22.8. The average molecular weight is 437 g/mol. The number of pyridine rings is 1. The lowest BCUT2D eigenvalue weighted by atomic mass is 9.83. The second-order valence-electron chi connectivity index (χ2n) is 9.23. The quantitative estimate of drug-likeness (QED) is 0.421. The highest BCUT2D eigenvalue weighted by molar-refractivity contribution is 6.01. The van der Waals surface area contributed by atoms with Crippen LogP contribution in [0.15, 0.2) is 73.5 Å². The summed E-state index contributed by atoms with van der Waals surface area (Å²) in [5.74, 6) is 0.531. The van der Waals surface area contributed by atoms with Crippen molar-refractivity contribution in [2.75, 3.05) is 31.2 Å². The highest BCUT2D eigenvalue weighted by atomic mass is 16.5. The van der Waals surface area contributed by atoms with Crippen LogP contribution in [0.5, 0.6) is 0 Å². The Morgan fingerprint density at radius 2 is 1.91 bits per heavy atom. The van der Waals surface area contributed by atoms with Crippen molar-refractivity contribution in [1.82, 2.24) is 4.98 Å². The number of nitrogens with zero attached hydrogens (tertiary/aromatic N) is 2. The van der Waals surface area contributed by atoms with E-state index < -0.39 is 0 Å². The van der Waals surface area contributed by atoms with Gasteiger partial charge in [-0.05, 0) is 77.3 Å². The van der Waals surface area contributed by atoms with Crippen molar-refractivity contribution in [3.63, 3.8) is 0 Å². The molecule has 168 valence electrons. The third kappa shape index (κ3) is 4.38. The fourth-order valence-electron chi connectivity index (χ4n) is 5.05. The minimum atomic E-state index is 0.531. The summed E-state index contributed by atoms with van der Waals surface area (Å²) in [5, 5.41) is 1.22. The molecule has 3 aromatic rings. The summed E-state index contributed by atoms with van der Waals surface area (Å²) in [6, 6.07) is 15.8. The second-order valence-corrected chi connectivity index (χ2v) is 9.23. The molecule has 0 amide bonds. The van der Waals surface area contributed by atoms with Crippen molar-refractivity contribution in [2.24, 2.45) is 5.92 Å². The van der Waals surface area contributed by atoms with E-state index in [2.05, 4.69) is 84.9 Å². The van der Waals surface area contributed by atoms with Crippen LogP contribution in [-0.4, -0.2) is 31.3 Å². The normalized spacial score (nSPS) is 18.7. The lowest BCUT2D eigenvalue weighted by Gasteiger charge is -2.30. The molecule has 0 bridgehead atoms. The molecule has 2 aromatic carbocycles. The van der Waals surface area contributed by atoms with Gasteiger partial charge in [0.25, 0.3) is 0 Å². The molecular formula is C30H32N2O. The third-order valence-electron chi connectivity index (χ3n) is 6.88. The van der Waals surface area contributed by atoms with Crippen LogP contribution in [0.25, 0.3) is 22.0 Å². The first-order valence-electron chi connectivity index (χ1n) is 12.0. The summed E-state index contributed by atoms with van der Waals surface area (Å²) in [5.41, 5.74) is 10.3. The topological polar surface area (TPSA) is 25.4 Å². The van der Waals surface area contributed by atoms with E-state index in [1.54, 1.807) is 0 Å². The van der Waals surface area contributed by atoms with Gasteiger partial charge in [0.05, 0.1) is 18.7 Å². The van der Waals surface area contributed by atoms with Crippen molar-refractivity contribution in [1.29, 1.82) is 0 Å². The maximum atomic E-state index is 5.58. The van der Waals surface area contributed by atoms with Crippen molar-refractivity contribution in [3.8, 4) is 0 Å². The Bertz CT molecular complexity index is 1250. The van der Waals surface area contributed by atoms with E-state index in [4.69, 9.17) is 4.74 Å². The number of benzene rings is 2. The molecule has 2 heterocycles. The van der Waals surface area contributed by atoms with Crippen LogP contribution in [0.1, 0.15) is 35.6 Å². The predicted octanol–water partition coefficient (Wildman–Crippen LogP) is 6.62. The van der Waals surface area contributed by atoms with Gasteiger partial charge in [0.15, 0.2) is 0 Å². The minimum absolute atomic E-state index is 0.531. The Kier molecular flexibility index (Phi) is 6.15. The number of aromatic nitrogens is 1. The van der Waals surface area contributed by atoms with Crippen molar-refractivity contribution in [2.45, 2.75) is 26.7 Å². The Hall–Kier alpha value is -3.17. The zero-order valence-electron chi connectivity index (χ0n) is 19.7. The Labute approximate surface area is 197 Å². The fourth-order valence-corrected chi connectivity index (χ4v) is 5.05. The van der Waals surface area contributed by atoms with E-state index in [-0.39, 0.29) is 0 Å². The molecule has 0 radical (unpaired) electrons. The standard InChI is InChI=1S/C30H32N2O/c1-4-5-23-7-8-24(19-22(23)3)27-18-21(2)6-10-26(27)25-9-11-29-28(20-25)30(12-13-31-29)32-14-16-33-17-15-32/h4,6-13,19-21H,1,5,14-18H2,2-3H3. The van der Waals surface area contributed by atoms with Crippen LogP contribution in [-0.2, 0) is 11.2 Å². The van der Waals surface area contributed by atoms with Gasteiger partial charge in [0.1, 0.15) is 0 Å². The number of hydrogen-bond donors (Lipinski definition) is 0. The fraction of sp³-hybridized carbons (Fsp3) is 0.300. The molecule has 1 atom stereocenters.